The molecule has 20 heavy (non-hydrogen) atoms. The van der Waals surface area contributed by atoms with Gasteiger partial charge in [0.05, 0.1) is 11.0 Å². The molecule has 1 heterocycles. The van der Waals surface area contributed by atoms with E-state index in [2.05, 4.69) is 0 Å². The smallest absolute Gasteiger partial charge is 0.273 e. The van der Waals surface area contributed by atoms with E-state index in [0.717, 1.165) is 17.0 Å². The highest BCUT2D eigenvalue weighted by molar-refractivity contribution is 6.05. The van der Waals surface area contributed by atoms with Crippen LogP contribution in [0.4, 0.5) is 10.1 Å². The van der Waals surface area contributed by atoms with Gasteiger partial charge in [0, 0.05) is 11.6 Å². The lowest BCUT2D eigenvalue weighted by atomic mass is 10.1. The SMILES string of the molecule is O=C1CN(C(=O)c2cc(F)cc([N+](=O)[O-])c2)CC(=O)N1. The van der Waals surface area contributed by atoms with Crippen molar-refractivity contribution in [2.45, 2.75) is 0 Å². The average molecular weight is 281 g/mol. The third kappa shape index (κ3) is 2.76. The monoisotopic (exact) mass is 281 g/mol. The molecule has 0 radical (unpaired) electrons. The van der Waals surface area contributed by atoms with Crippen LogP contribution in [0.5, 0.6) is 0 Å². The van der Waals surface area contributed by atoms with Gasteiger partial charge in [0.2, 0.25) is 11.8 Å². The van der Waals surface area contributed by atoms with Crippen molar-refractivity contribution in [3.63, 3.8) is 0 Å². The highest BCUT2D eigenvalue weighted by Gasteiger charge is 2.28. The first-order valence-corrected chi connectivity index (χ1v) is 5.44. The number of nitrogens with zero attached hydrogens (tertiary/aromatic N) is 2. The molecule has 104 valence electrons. The first kappa shape index (κ1) is 13.6. The zero-order valence-corrected chi connectivity index (χ0v) is 9.96. The van der Waals surface area contributed by atoms with Crippen molar-refractivity contribution in [1.29, 1.82) is 0 Å². The number of amides is 3. The van der Waals surface area contributed by atoms with Crippen LogP contribution in [0.1, 0.15) is 10.4 Å². The van der Waals surface area contributed by atoms with Crippen molar-refractivity contribution in [3.8, 4) is 0 Å². The molecule has 0 aliphatic carbocycles. The Hall–Kier alpha value is -2.84. The molecule has 1 aliphatic heterocycles. The second kappa shape index (κ2) is 5.03. The summed E-state index contributed by atoms with van der Waals surface area (Å²) in [6, 6.07) is 2.37. The van der Waals surface area contributed by atoms with E-state index in [1.54, 1.807) is 0 Å². The van der Waals surface area contributed by atoms with Gasteiger partial charge in [-0.3, -0.25) is 29.8 Å². The first-order chi connectivity index (χ1) is 9.36. The largest absolute Gasteiger partial charge is 0.320 e. The number of piperazine rings is 1. The van der Waals surface area contributed by atoms with Gasteiger partial charge in [0.25, 0.3) is 11.6 Å². The summed E-state index contributed by atoms with van der Waals surface area (Å²) in [5.74, 6) is -3.10. The molecule has 1 N–H and O–H groups in total. The predicted molar refractivity (Wildman–Crippen MR) is 62.1 cm³/mol. The Morgan fingerprint density at radius 2 is 1.85 bits per heavy atom. The van der Waals surface area contributed by atoms with Crippen molar-refractivity contribution in [1.82, 2.24) is 10.2 Å². The fourth-order valence-electron chi connectivity index (χ4n) is 1.77. The van der Waals surface area contributed by atoms with Gasteiger partial charge in [-0.2, -0.15) is 0 Å². The number of hydrogen-bond acceptors (Lipinski definition) is 5. The summed E-state index contributed by atoms with van der Waals surface area (Å²) in [6.45, 7) is -0.732. The lowest BCUT2D eigenvalue weighted by molar-refractivity contribution is -0.385. The maximum Gasteiger partial charge on any atom is 0.273 e. The standard InChI is InChI=1S/C11H8FN3O5/c12-7-1-6(2-8(3-7)15(19)20)11(18)14-4-9(16)13-10(17)5-14/h1-3H,4-5H2,(H,13,16,17). The summed E-state index contributed by atoms with van der Waals surface area (Å²) < 4.78 is 13.2. The maximum atomic E-state index is 13.2. The molecular weight excluding hydrogens is 273 g/mol. The Bertz CT molecular complexity index is 614. The molecule has 8 nitrogen and oxygen atoms in total. The third-order valence-corrected chi connectivity index (χ3v) is 2.58. The molecule has 1 aliphatic rings. The van der Waals surface area contributed by atoms with Crippen LogP contribution in [0.3, 0.4) is 0 Å². The van der Waals surface area contributed by atoms with Crippen LogP contribution in [-0.2, 0) is 9.59 Å². The van der Waals surface area contributed by atoms with Gasteiger partial charge >= 0.3 is 0 Å². The Morgan fingerprint density at radius 1 is 1.25 bits per heavy atom. The lowest BCUT2D eigenvalue weighted by Crippen LogP contribution is -2.53. The number of rotatable bonds is 2. The highest BCUT2D eigenvalue weighted by atomic mass is 19.1. The molecule has 0 atom stereocenters. The summed E-state index contributed by atoms with van der Waals surface area (Å²) in [5, 5.41) is 12.6. The van der Waals surface area contributed by atoms with Gasteiger partial charge < -0.3 is 4.90 Å². The maximum absolute atomic E-state index is 13.2. The van der Waals surface area contributed by atoms with Gasteiger partial charge in [0.1, 0.15) is 18.9 Å². The number of halogens is 1. The molecule has 9 heteroatoms. The minimum atomic E-state index is -0.949. The molecule has 1 aromatic rings. The summed E-state index contributed by atoms with van der Waals surface area (Å²) in [6.07, 6.45) is 0. The topological polar surface area (TPSA) is 110 Å². The molecule has 1 fully saturated rings. The van der Waals surface area contributed by atoms with Crippen LogP contribution < -0.4 is 5.32 Å². The zero-order chi connectivity index (χ0) is 14.9. The Morgan fingerprint density at radius 3 is 2.40 bits per heavy atom. The predicted octanol–water partition coefficient (Wildman–Crippen LogP) is -0.167. The number of nitro benzene ring substituents is 1. The van der Waals surface area contributed by atoms with Crippen molar-refractivity contribution in [2.24, 2.45) is 0 Å². The molecule has 1 aromatic carbocycles. The second-order valence-electron chi connectivity index (χ2n) is 4.09. The van der Waals surface area contributed by atoms with Gasteiger partial charge in [-0.15, -0.1) is 0 Å². The van der Waals surface area contributed by atoms with E-state index in [0.29, 0.717) is 6.07 Å². The normalized spacial score (nSPS) is 14.9. The van der Waals surface area contributed by atoms with E-state index in [-0.39, 0.29) is 18.7 Å². The highest BCUT2D eigenvalue weighted by Crippen LogP contribution is 2.18. The van der Waals surface area contributed by atoms with Crippen LogP contribution in [-0.4, -0.2) is 40.6 Å². The van der Waals surface area contributed by atoms with Crippen LogP contribution in [0.2, 0.25) is 0 Å². The van der Waals surface area contributed by atoms with Crippen LogP contribution in [0, 0.1) is 15.9 Å². The van der Waals surface area contributed by atoms with Crippen molar-refractivity contribution < 1.29 is 23.7 Å². The second-order valence-corrected chi connectivity index (χ2v) is 4.09. The molecular formula is C11H8FN3O5. The van der Waals surface area contributed by atoms with Gasteiger partial charge in [0.15, 0.2) is 0 Å². The van der Waals surface area contributed by atoms with Gasteiger partial charge in [-0.05, 0) is 6.07 Å². The van der Waals surface area contributed by atoms with Crippen molar-refractivity contribution >= 4 is 23.4 Å². The average Bonchev–Trinajstić information content (AvgIpc) is 2.35. The van der Waals surface area contributed by atoms with Crippen molar-refractivity contribution in [3.05, 3.63) is 39.7 Å². The molecule has 3 amide bonds. The molecule has 0 saturated carbocycles. The van der Waals surface area contributed by atoms with E-state index < -0.39 is 34.1 Å². The fraction of sp³-hybridized carbons (Fsp3) is 0.182. The van der Waals surface area contributed by atoms with E-state index in [1.165, 1.54) is 0 Å². The molecule has 0 spiro atoms. The minimum Gasteiger partial charge on any atom is -0.320 e. The first-order valence-electron chi connectivity index (χ1n) is 5.44. The van der Waals surface area contributed by atoms with Crippen LogP contribution in [0.25, 0.3) is 0 Å². The third-order valence-electron chi connectivity index (χ3n) is 2.58. The number of carbonyl (C=O) groups excluding carboxylic acids is 3. The van der Waals surface area contributed by atoms with E-state index >= 15 is 0 Å². The lowest BCUT2D eigenvalue weighted by Gasteiger charge is -2.25. The van der Waals surface area contributed by atoms with Crippen molar-refractivity contribution in [2.75, 3.05) is 13.1 Å². The number of nitrogens with one attached hydrogen (secondary N) is 1. The summed E-state index contributed by atoms with van der Waals surface area (Å²) in [7, 11) is 0. The number of benzene rings is 1. The minimum absolute atomic E-state index is 0.292. The Balaban J connectivity index is 2.31. The fourth-order valence-corrected chi connectivity index (χ4v) is 1.77. The molecule has 0 aromatic heterocycles. The zero-order valence-electron chi connectivity index (χ0n) is 9.96. The Kier molecular flexibility index (Phi) is 3.42. The number of carbonyl (C=O) groups is 3. The molecule has 0 bridgehead atoms. The molecule has 1 saturated heterocycles. The quantitative estimate of drug-likeness (QED) is 0.460. The van der Waals surface area contributed by atoms with Gasteiger partial charge in [-0.25, -0.2) is 4.39 Å². The number of non-ortho nitro benzene ring substituents is 1. The van der Waals surface area contributed by atoms with E-state index in [9.17, 15) is 28.9 Å². The van der Waals surface area contributed by atoms with Gasteiger partial charge in [-0.1, -0.05) is 0 Å². The number of hydrogen-bond donors (Lipinski definition) is 1. The van der Waals surface area contributed by atoms with E-state index in [4.69, 9.17) is 0 Å². The number of imide groups is 1. The Labute approximate surface area is 111 Å². The van der Waals surface area contributed by atoms with E-state index in [1.807, 2.05) is 5.32 Å². The van der Waals surface area contributed by atoms with Crippen LogP contribution >= 0.6 is 0 Å². The summed E-state index contributed by atoms with van der Waals surface area (Å²) in [5.41, 5.74) is -0.875. The van der Waals surface area contributed by atoms with Crippen LogP contribution in [0.15, 0.2) is 18.2 Å². The summed E-state index contributed by atoms with van der Waals surface area (Å²) >= 11 is 0. The summed E-state index contributed by atoms with van der Waals surface area (Å²) in [4.78, 5) is 45.0. The number of nitro groups is 1. The molecule has 0 unspecified atom stereocenters. The molecule has 2 rings (SSSR count).